The van der Waals surface area contributed by atoms with Crippen molar-refractivity contribution in [2.75, 3.05) is 19.0 Å². The first-order valence-corrected chi connectivity index (χ1v) is 18.3. The summed E-state index contributed by atoms with van der Waals surface area (Å²) in [7, 11) is 1.64. The molecule has 11 heteroatoms. The molecule has 56 heavy (non-hydrogen) atoms. The quantitative estimate of drug-likeness (QED) is 0.119. The highest BCUT2D eigenvalue weighted by atomic mass is 16.6. The predicted octanol–water partition coefficient (Wildman–Crippen LogP) is 9.18. The Labute approximate surface area is 325 Å². The fourth-order valence-electron chi connectivity index (χ4n) is 6.33. The molecule has 0 unspecified atom stereocenters. The number of nitrogens with one attached hydrogen (secondary N) is 2. The van der Waals surface area contributed by atoms with Gasteiger partial charge in [0.25, 0.3) is 5.91 Å². The van der Waals surface area contributed by atoms with Crippen molar-refractivity contribution in [3.63, 3.8) is 0 Å². The first-order chi connectivity index (χ1) is 27.1. The molecule has 4 aromatic carbocycles. The number of hydrogen-bond donors (Lipinski definition) is 2. The molecule has 3 aromatic heterocycles. The van der Waals surface area contributed by atoms with Crippen molar-refractivity contribution in [2.45, 2.75) is 45.4 Å². The first-order valence-electron chi connectivity index (χ1n) is 18.3. The van der Waals surface area contributed by atoms with Crippen molar-refractivity contribution in [2.24, 2.45) is 0 Å². The molecule has 2 N–H and O–H groups in total. The van der Waals surface area contributed by atoms with Gasteiger partial charge in [-0.25, -0.2) is 4.79 Å². The minimum atomic E-state index is -0.651. The summed E-state index contributed by atoms with van der Waals surface area (Å²) in [5, 5.41) is 11.7. The number of ether oxygens (including phenoxy) is 3. The average Bonchev–Trinajstić information content (AvgIpc) is 3.86. The lowest BCUT2D eigenvalue weighted by Gasteiger charge is -2.24. The molecule has 11 nitrogen and oxygen atoms in total. The minimum absolute atomic E-state index is 0.160. The van der Waals surface area contributed by atoms with Crippen molar-refractivity contribution < 1.29 is 28.2 Å². The maximum absolute atomic E-state index is 13.4. The van der Waals surface area contributed by atoms with Crippen molar-refractivity contribution in [3.05, 3.63) is 151 Å². The van der Waals surface area contributed by atoms with E-state index < -0.39 is 17.7 Å². The molecule has 0 radical (unpaired) electrons. The zero-order valence-electron chi connectivity index (χ0n) is 31.7. The molecule has 0 fully saturated rings. The van der Waals surface area contributed by atoms with E-state index in [0.29, 0.717) is 35.8 Å². The van der Waals surface area contributed by atoms with E-state index in [-0.39, 0.29) is 12.5 Å². The number of methoxy groups -OCH3 is 1. The molecule has 0 saturated heterocycles. The van der Waals surface area contributed by atoms with E-state index in [9.17, 15) is 9.59 Å². The number of furan rings is 1. The van der Waals surface area contributed by atoms with Gasteiger partial charge < -0.3 is 29.3 Å². The second-order valence-corrected chi connectivity index (χ2v) is 14.3. The lowest BCUT2D eigenvalue weighted by atomic mass is 9.99. The summed E-state index contributed by atoms with van der Waals surface area (Å²) in [5.74, 6) is 1.42. The van der Waals surface area contributed by atoms with Crippen LogP contribution in [0.2, 0.25) is 0 Å². The summed E-state index contributed by atoms with van der Waals surface area (Å²) >= 11 is 0. The van der Waals surface area contributed by atoms with Gasteiger partial charge >= 0.3 is 6.09 Å². The second-order valence-electron chi connectivity index (χ2n) is 14.3. The highest BCUT2D eigenvalue weighted by Crippen LogP contribution is 2.37. The normalized spacial score (nSPS) is 11.9. The molecule has 0 aliphatic carbocycles. The summed E-state index contributed by atoms with van der Waals surface area (Å²) < 4.78 is 24.6. The fraction of sp³-hybridized carbons (Fsp3) is 0.200. The summed E-state index contributed by atoms with van der Waals surface area (Å²) in [6.07, 6.45) is 4.92. The van der Waals surface area contributed by atoms with E-state index in [4.69, 9.17) is 28.7 Å². The number of hydrogen-bond acceptors (Lipinski definition) is 8. The Kier molecular flexibility index (Phi) is 11.1. The first kappa shape index (κ1) is 37.4. The molecule has 0 saturated carbocycles. The number of benzene rings is 4. The largest absolute Gasteiger partial charge is 0.497 e. The van der Waals surface area contributed by atoms with Crippen molar-refractivity contribution in [1.29, 1.82) is 0 Å². The molecule has 3 heterocycles. The summed E-state index contributed by atoms with van der Waals surface area (Å²) in [4.78, 5) is 31.1. The number of carbonyl (C=O) groups is 2. The van der Waals surface area contributed by atoms with E-state index >= 15 is 0 Å². The average molecular weight is 750 g/mol. The van der Waals surface area contributed by atoms with Crippen LogP contribution in [-0.4, -0.2) is 52.1 Å². The number of nitrogens with zero attached hydrogens (tertiary/aromatic N) is 3. The Morgan fingerprint density at radius 3 is 2.29 bits per heavy atom. The number of fused-ring (bicyclic) bond motifs is 1. The second kappa shape index (κ2) is 16.6. The predicted molar refractivity (Wildman–Crippen MR) is 216 cm³/mol. The molecule has 0 aliphatic heterocycles. The van der Waals surface area contributed by atoms with Gasteiger partial charge in [0.05, 0.1) is 49.6 Å². The Balaban J connectivity index is 1.24. The van der Waals surface area contributed by atoms with Crippen LogP contribution in [-0.2, 0) is 17.7 Å². The molecule has 2 amide bonds. The number of carbonyl (C=O) groups excluding carboxylic acids is 2. The zero-order valence-corrected chi connectivity index (χ0v) is 31.7. The highest BCUT2D eigenvalue weighted by Gasteiger charge is 2.22. The third-order valence-electron chi connectivity index (χ3n) is 8.97. The van der Waals surface area contributed by atoms with E-state index in [2.05, 4.69) is 10.6 Å². The Hall–Kier alpha value is -6.88. The lowest BCUT2D eigenvalue weighted by molar-refractivity contribution is 0.0487. The molecule has 7 rings (SSSR count). The summed E-state index contributed by atoms with van der Waals surface area (Å²) in [6, 6.07) is 36.1. The van der Waals surface area contributed by atoms with Gasteiger partial charge in [0.1, 0.15) is 23.7 Å². The molecular weight excluding hydrogens is 707 g/mol. The maximum atomic E-state index is 13.4. The lowest BCUT2D eigenvalue weighted by Crippen LogP contribution is -2.43. The molecular formula is C45H43N5O6. The van der Waals surface area contributed by atoms with Gasteiger partial charge in [-0.15, -0.1) is 0 Å². The van der Waals surface area contributed by atoms with Crippen LogP contribution in [0.15, 0.2) is 138 Å². The van der Waals surface area contributed by atoms with Gasteiger partial charge in [0, 0.05) is 22.1 Å². The number of pyridine rings is 1. The maximum Gasteiger partial charge on any atom is 0.408 e. The fourth-order valence-corrected chi connectivity index (χ4v) is 6.33. The molecule has 0 aliphatic rings. The van der Waals surface area contributed by atoms with Crippen LogP contribution in [0.5, 0.6) is 11.5 Å². The van der Waals surface area contributed by atoms with E-state index in [1.807, 2.05) is 129 Å². The van der Waals surface area contributed by atoms with Gasteiger partial charge in [-0.2, -0.15) is 5.10 Å². The molecule has 0 spiro atoms. The van der Waals surface area contributed by atoms with Gasteiger partial charge in [-0.05, 0) is 92.4 Å². The van der Waals surface area contributed by atoms with Crippen LogP contribution in [0.25, 0.3) is 33.3 Å². The third-order valence-corrected chi connectivity index (χ3v) is 8.97. The van der Waals surface area contributed by atoms with E-state index in [1.165, 1.54) is 0 Å². The van der Waals surface area contributed by atoms with Crippen LogP contribution in [0.1, 0.15) is 42.3 Å². The van der Waals surface area contributed by atoms with Crippen LogP contribution >= 0.6 is 0 Å². The standard InChI is InChI=1S/C45H43N5O6/c1-45(2,3)56-44(52)47-35(23-30-11-7-5-8-12-30)29-55-37-25-38(41(46-26-37)34-21-22-54-28-34)33-17-20-40-39(24-33)42(48-43(51)32-13-9-6-10-14-32)49-50(40)27-31-15-18-36(53-4)19-16-31/h5-22,24-26,28,35H,23,27,29H2,1-4H3,(H,47,52)(H,48,49,51)/t35-/m0/s1. The van der Waals surface area contributed by atoms with E-state index in [1.54, 1.807) is 38.0 Å². The Bertz CT molecular complexity index is 2400. The zero-order chi connectivity index (χ0) is 39.1. The monoisotopic (exact) mass is 749 g/mol. The summed E-state index contributed by atoms with van der Waals surface area (Å²) in [6.45, 7) is 6.11. The highest BCUT2D eigenvalue weighted by molar-refractivity contribution is 6.08. The molecule has 0 bridgehead atoms. The number of aromatic nitrogens is 3. The Morgan fingerprint density at radius 2 is 1.59 bits per heavy atom. The molecule has 284 valence electrons. The molecule has 7 aromatic rings. The van der Waals surface area contributed by atoms with Crippen molar-refractivity contribution in [3.8, 4) is 33.9 Å². The third kappa shape index (κ3) is 9.25. The van der Waals surface area contributed by atoms with Crippen LogP contribution in [0.3, 0.4) is 0 Å². The number of alkyl carbamates (subject to hydrolysis) is 1. The van der Waals surface area contributed by atoms with Crippen LogP contribution in [0, 0.1) is 0 Å². The SMILES string of the molecule is COc1ccc(Cn2nc(NC(=O)c3ccccc3)c3cc(-c4cc(OC[C@H](Cc5ccccc5)NC(=O)OC(C)(C)C)cnc4-c4ccoc4)ccc32)cc1. The van der Waals surface area contributed by atoms with Crippen molar-refractivity contribution in [1.82, 2.24) is 20.1 Å². The topological polar surface area (TPSA) is 130 Å². The number of amides is 2. The smallest absolute Gasteiger partial charge is 0.408 e. The van der Waals surface area contributed by atoms with E-state index in [0.717, 1.165) is 44.5 Å². The van der Waals surface area contributed by atoms with Gasteiger partial charge in [-0.1, -0.05) is 66.7 Å². The van der Waals surface area contributed by atoms with Gasteiger partial charge in [0.15, 0.2) is 5.82 Å². The van der Waals surface area contributed by atoms with Crippen LogP contribution in [0.4, 0.5) is 10.6 Å². The number of anilines is 1. The number of rotatable bonds is 13. The van der Waals surface area contributed by atoms with Crippen LogP contribution < -0.4 is 20.1 Å². The van der Waals surface area contributed by atoms with Gasteiger partial charge in [-0.3, -0.25) is 14.5 Å². The summed E-state index contributed by atoms with van der Waals surface area (Å²) in [5.41, 5.74) is 5.81. The molecule has 1 atom stereocenters. The van der Waals surface area contributed by atoms with Gasteiger partial charge in [0.2, 0.25) is 0 Å². The minimum Gasteiger partial charge on any atom is -0.497 e. The van der Waals surface area contributed by atoms with Crippen molar-refractivity contribution >= 4 is 28.7 Å². The Morgan fingerprint density at radius 1 is 0.839 bits per heavy atom.